The van der Waals surface area contributed by atoms with Crippen LogP contribution >= 0.6 is 0 Å². The maximum Gasteiger partial charge on any atom is 0.416 e. The molecule has 2 rings (SSSR count). The van der Waals surface area contributed by atoms with Crippen LogP contribution in [0.2, 0.25) is 0 Å². The molecule has 0 bridgehead atoms. The number of sulfonamides is 1. The fourth-order valence-corrected chi connectivity index (χ4v) is 3.37. The molecule has 25 heavy (non-hydrogen) atoms. The zero-order valence-electron chi connectivity index (χ0n) is 13.4. The van der Waals surface area contributed by atoms with E-state index in [2.05, 4.69) is 4.72 Å². The Hall–Kier alpha value is -1.88. The fraction of sp³-hybridized carbons (Fsp3) is 0.571. The number of nitrogens with one attached hydrogen (secondary N) is 1. The monoisotopic (exact) mass is 381 g/mol. The fourth-order valence-electron chi connectivity index (χ4n) is 2.83. The number of alkyl halides is 3. The summed E-state index contributed by atoms with van der Waals surface area (Å²) in [6.07, 6.45) is -2.23. The van der Waals surface area contributed by atoms with Crippen LogP contribution in [0.25, 0.3) is 0 Å². The van der Waals surface area contributed by atoms with E-state index >= 15 is 0 Å². The van der Waals surface area contributed by atoms with Gasteiger partial charge in [0.05, 0.1) is 16.7 Å². The van der Waals surface area contributed by atoms with Crippen LogP contribution in [0.1, 0.15) is 18.4 Å². The third-order valence-corrected chi connectivity index (χ3v) is 4.68. The van der Waals surface area contributed by atoms with Gasteiger partial charge in [-0.1, -0.05) is 0 Å². The quantitative estimate of drug-likeness (QED) is 0.624. The van der Waals surface area contributed by atoms with Crippen molar-refractivity contribution in [1.29, 1.82) is 0 Å². The number of hydrogen-bond donors (Lipinski definition) is 1. The lowest BCUT2D eigenvalue weighted by atomic mass is 9.97. The summed E-state index contributed by atoms with van der Waals surface area (Å²) < 4.78 is 63.1. The molecule has 1 aromatic carbocycles. The molecule has 0 aliphatic carbocycles. The molecule has 7 nitrogen and oxygen atoms in total. The number of nitrogens with zero attached hydrogens (tertiary/aromatic N) is 2. The summed E-state index contributed by atoms with van der Waals surface area (Å²) >= 11 is 0. The number of anilines is 1. The van der Waals surface area contributed by atoms with E-state index in [1.165, 1.54) is 0 Å². The van der Waals surface area contributed by atoms with Crippen LogP contribution in [0.3, 0.4) is 0 Å². The number of nitro groups is 1. The molecule has 1 saturated heterocycles. The van der Waals surface area contributed by atoms with Crippen molar-refractivity contribution < 1.29 is 26.5 Å². The molecule has 1 aliphatic heterocycles. The first-order valence-corrected chi connectivity index (χ1v) is 9.42. The van der Waals surface area contributed by atoms with Gasteiger partial charge in [0.25, 0.3) is 5.69 Å². The number of rotatable bonds is 5. The van der Waals surface area contributed by atoms with E-state index in [0.717, 1.165) is 24.8 Å². The Morgan fingerprint density at radius 1 is 1.40 bits per heavy atom. The van der Waals surface area contributed by atoms with Crippen LogP contribution < -0.4 is 9.62 Å². The van der Waals surface area contributed by atoms with Gasteiger partial charge in [-0.3, -0.25) is 10.1 Å². The first kappa shape index (κ1) is 19.4. The van der Waals surface area contributed by atoms with Gasteiger partial charge in [0.2, 0.25) is 10.0 Å². The Balaban J connectivity index is 2.23. The minimum Gasteiger partial charge on any atom is -0.366 e. The summed E-state index contributed by atoms with van der Waals surface area (Å²) in [4.78, 5) is 12.0. The van der Waals surface area contributed by atoms with Crippen molar-refractivity contribution in [3.05, 3.63) is 33.9 Å². The lowest BCUT2D eigenvalue weighted by Gasteiger charge is -2.34. The van der Waals surface area contributed by atoms with E-state index < -0.39 is 32.4 Å². The maximum atomic E-state index is 12.8. The maximum absolute atomic E-state index is 12.8. The van der Waals surface area contributed by atoms with E-state index in [4.69, 9.17) is 0 Å². The molecule has 11 heteroatoms. The predicted octanol–water partition coefficient (Wildman–Crippen LogP) is 2.38. The van der Waals surface area contributed by atoms with Crippen molar-refractivity contribution in [3.63, 3.8) is 0 Å². The molecule has 1 fully saturated rings. The molecule has 0 saturated carbocycles. The topological polar surface area (TPSA) is 92.6 Å². The molecule has 0 radical (unpaired) electrons. The third kappa shape index (κ3) is 5.30. The van der Waals surface area contributed by atoms with Crippen LogP contribution in [0.5, 0.6) is 0 Å². The number of nitro benzene ring substituents is 1. The normalized spacial score (nSPS) is 19.0. The van der Waals surface area contributed by atoms with Crippen molar-refractivity contribution in [3.8, 4) is 0 Å². The Kier molecular flexibility index (Phi) is 5.57. The summed E-state index contributed by atoms with van der Waals surface area (Å²) in [6, 6.07) is 2.46. The largest absolute Gasteiger partial charge is 0.416 e. The summed E-state index contributed by atoms with van der Waals surface area (Å²) in [5, 5.41) is 11.2. The van der Waals surface area contributed by atoms with Crippen molar-refractivity contribution >= 4 is 21.4 Å². The number of piperidine rings is 1. The Bertz CT molecular complexity index is 752. The summed E-state index contributed by atoms with van der Waals surface area (Å²) in [7, 11) is -3.35. The second-order valence-electron chi connectivity index (χ2n) is 6.03. The molecule has 1 aliphatic rings. The van der Waals surface area contributed by atoms with Crippen LogP contribution in [-0.4, -0.2) is 39.2 Å². The standard InChI is InChI=1S/C14H18F3N3O4S/c1-25(23,24)18-8-10-3-2-6-19(9-10)12-5-4-11(14(15,16)17)7-13(12)20(21)22/h4-5,7,10,18H,2-3,6,8-9H2,1H3. The summed E-state index contributed by atoms with van der Waals surface area (Å²) in [6.45, 7) is 0.972. The molecule has 1 heterocycles. The van der Waals surface area contributed by atoms with E-state index in [1.54, 1.807) is 4.90 Å². The summed E-state index contributed by atoms with van der Waals surface area (Å²) in [5.41, 5.74) is -1.57. The Labute approximate surface area is 143 Å². The molecular formula is C14H18F3N3O4S. The first-order chi connectivity index (χ1) is 11.5. The highest BCUT2D eigenvalue weighted by Crippen LogP contribution is 2.37. The van der Waals surface area contributed by atoms with Gasteiger partial charge in [-0.05, 0) is 30.9 Å². The van der Waals surface area contributed by atoms with Crippen molar-refractivity contribution in [1.82, 2.24) is 4.72 Å². The van der Waals surface area contributed by atoms with E-state index in [0.29, 0.717) is 25.6 Å². The molecule has 1 atom stereocenters. The third-order valence-electron chi connectivity index (χ3n) is 3.99. The van der Waals surface area contributed by atoms with Crippen LogP contribution in [0.15, 0.2) is 18.2 Å². The van der Waals surface area contributed by atoms with Gasteiger partial charge in [-0.2, -0.15) is 13.2 Å². The van der Waals surface area contributed by atoms with Gasteiger partial charge < -0.3 is 4.90 Å². The van der Waals surface area contributed by atoms with E-state index in [1.807, 2.05) is 0 Å². The van der Waals surface area contributed by atoms with Crippen LogP contribution in [0, 0.1) is 16.0 Å². The molecule has 0 amide bonds. The van der Waals surface area contributed by atoms with Gasteiger partial charge in [0, 0.05) is 25.7 Å². The first-order valence-electron chi connectivity index (χ1n) is 7.52. The van der Waals surface area contributed by atoms with Crippen LogP contribution in [-0.2, 0) is 16.2 Å². The lowest BCUT2D eigenvalue weighted by Crippen LogP contribution is -2.41. The van der Waals surface area contributed by atoms with Crippen molar-refractivity contribution in [2.45, 2.75) is 19.0 Å². The highest BCUT2D eigenvalue weighted by Gasteiger charge is 2.34. The number of halogens is 3. The van der Waals surface area contributed by atoms with Gasteiger partial charge in [0.15, 0.2) is 0 Å². The molecule has 1 N–H and O–H groups in total. The minimum absolute atomic E-state index is 0.0784. The smallest absolute Gasteiger partial charge is 0.366 e. The molecule has 0 aromatic heterocycles. The zero-order valence-corrected chi connectivity index (χ0v) is 14.2. The Morgan fingerprint density at radius 3 is 2.64 bits per heavy atom. The lowest BCUT2D eigenvalue weighted by molar-refractivity contribution is -0.384. The molecule has 1 aromatic rings. The average Bonchev–Trinajstić information content (AvgIpc) is 2.51. The highest BCUT2D eigenvalue weighted by molar-refractivity contribution is 7.88. The minimum atomic E-state index is -4.66. The average molecular weight is 381 g/mol. The molecule has 140 valence electrons. The number of benzene rings is 1. The van der Waals surface area contributed by atoms with Crippen LogP contribution in [0.4, 0.5) is 24.5 Å². The molecule has 1 unspecified atom stereocenters. The van der Waals surface area contributed by atoms with Gasteiger partial charge >= 0.3 is 6.18 Å². The molecular weight excluding hydrogens is 363 g/mol. The van der Waals surface area contributed by atoms with Crippen molar-refractivity contribution in [2.24, 2.45) is 5.92 Å². The van der Waals surface area contributed by atoms with Gasteiger partial charge in [-0.25, -0.2) is 13.1 Å². The zero-order chi connectivity index (χ0) is 18.8. The SMILES string of the molecule is CS(=O)(=O)NCC1CCCN(c2ccc(C(F)(F)F)cc2[N+](=O)[O-])C1. The predicted molar refractivity (Wildman–Crippen MR) is 85.9 cm³/mol. The van der Waals surface area contributed by atoms with Gasteiger partial charge in [-0.15, -0.1) is 0 Å². The van der Waals surface area contributed by atoms with E-state index in [9.17, 15) is 31.7 Å². The van der Waals surface area contributed by atoms with Crippen molar-refractivity contribution in [2.75, 3.05) is 30.8 Å². The number of hydrogen-bond acceptors (Lipinski definition) is 5. The van der Waals surface area contributed by atoms with Gasteiger partial charge in [0.1, 0.15) is 5.69 Å². The summed E-state index contributed by atoms with van der Waals surface area (Å²) in [5.74, 6) is -0.0784. The highest BCUT2D eigenvalue weighted by atomic mass is 32.2. The second-order valence-corrected chi connectivity index (χ2v) is 7.87. The van der Waals surface area contributed by atoms with E-state index in [-0.39, 0.29) is 18.2 Å². The second kappa shape index (κ2) is 7.16. The molecule has 0 spiro atoms. The Morgan fingerprint density at radius 2 is 2.08 bits per heavy atom.